The van der Waals surface area contributed by atoms with E-state index >= 15 is 0 Å². The van der Waals surface area contributed by atoms with Gasteiger partial charge in [-0.25, -0.2) is 12.8 Å². The Morgan fingerprint density at radius 1 is 1.19 bits per heavy atom. The van der Waals surface area contributed by atoms with Crippen LogP contribution in [0.4, 0.5) is 10.2 Å². The summed E-state index contributed by atoms with van der Waals surface area (Å²) in [4.78, 5) is -0.212. The van der Waals surface area contributed by atoms with Gasteiger partial charge in [-0.05, 0) is 24.3 Å². The van der Waals surface area contributed by atoms with Crippen molar-refractivity contribution in [1.82, 2.24) is 5.16 Å². The molecular weight excluding hydrogens is 447 g/mol. The molecule has 8 nitrogen and oxygen atoms in total. The van der Waals surface area contributed by atoms with Crippen molar-refractivity contribution >= 4 is 42.7 Å². The molecule has 3 aromatic rings. The number of aromatic nitrogens is 1. The second kappa shape index (κ2) is 7.61. The van der Waals surface area contributed by atoms with Crippen LogP contribution >= 0.6 is 15.9 Å². The van der Waals surface area contributed by atoms with Crippen molar-refractivity contribution in [3.05, 3.63) is 34.8 Å². The molecule has 144 valence electrons. The molecule has 0 radical (unpaired) electrons. The average Bonchev–Trinajstić information content (AvgIpc) is 3.03. The predicted molar refractivity (Wildman–Crippen MR) is 98.7 cm³/mol. The van der Waals surface area contributed by atoms with E-state index < -0.39 is 16.9 Å². The third kappa shape index (κ3) is 3.65. The number of anilines is 1. The highest BCUT2D eigenvalue weighted by Crippen LogP contribution is 2.38. The molecule has 3 rings (SSSR count). The molecule has 0 amide bonds. The van der Waals surface area contributed by atoms with Gasteiger partial charge >= 0.3 is 0 Å². The van der Waals surface area contributed by atoms with Gasteiger partial charge in [0, 0.05) is 4.47 Å². The van der Waals surface area contributed by atoms with Crippen molar-refractivity contribution in [2.24, 2.45) is 0 Å². The van der Waals surface area contributed by atoms with Crippen LogP contribution in [0.15, 0.2) is 44.2 Å². The molecule has 1 heterocycles. The number of hydrogen-bond donors (Lipinski definition) is 1. The Hall–Kier alpha value is -2.53. The predicted octanol–water partition coefficient (Wildman–Crippen LogP) is 3.71. The fraction of sp³-hybridized carbons (Fsp3) is 0.188. The van der Waals surface area contributed by atoms with Crippen LogP contribution in [0.1, 0.15) is 0 Å². The lowest BCUT2D eigenvalue weighted by atomic mass is 10.2. The van der Waals surface area contributed by atoms with E-state index in [0.717, 1.165) is 0 Å². The van der Waals surface area contributed by atoms with Crippen LogP contribution in [-0.2, 0) is 10.0 Å². The number of rotatable bonds is 7. The quantitative estimate of drug-likeness (QED) is 0.573. The Morgan fingerprint density at radius 2 is 1.85 bits per heavy atom. The first-order valence-electron chi connectivity index (χ1n) is 7.42. The molecule has 0 spiro atoms. The fourth-order valence-corrected chi connectivity index (χ4v) is 4.25. The summed E-state index contributed by atoms with van der Waals surface area (Å²) >= 11 is 3.24. The Morgan fingerprint density at radius 3 is 2.44 bits per heavy atom. The minimum absolute atomic E-state index is 0.0628. The van der Waals surface area contributed by atoms with Crippen LogP contribution in [0.25, 0.3) is 11.0 Å². The summed E-state index contributed by atoms with van der Waals surface area (Å²) in [5.74, 6) is 0.0666. The lowest BCUT2D eigenvalue weighted by molar-refractivity contribution is 0.194. The van der Waals surface area contributed by atoms with Gasteiger partial charge in [0.15, 0.2) is 16.3 Å². The van der Waals surface area contributed by atoms with Gasteiger partial charge in [-0.3, -0.25) is 4.72 Å². The number of fused-ring (bicyclic) bond motifs is 1. The van der Waals surface area contributed by atoms with Gasteiger partial charge in [-0.1, -0.05) is 27.2 Å². The molecule has 11 heteroatoms. The maximum atomic E-state index is 13.0. The van der Waals surface area contributed by atoms with E-state index in [1.807, 2.05) is 0 Å². The zero-order valence-corrected chi connectivity index (χ0v) is 16.6. The second-order valence-electron chi connectivity index (χ2n) is 5.16. The maximum Gasteiger partial charge on any atom is 0.270 e. The summed E-state index contributed by atoms with van der Waals surface area (Å²) in [6, 6.07) is 7.57. The van der Waals surface area contributed by atoms with Crippen LogP contribution in [0, 0.1) is 0 Å². The van der Waals surface area contributed by atoms with Crippen LogP contribution in [0.3, 0.4) is 0 Å². The number of halogens is 2. The topological polar surface area (TPSA) is 99.9 Å². The van der Waals surface area contributed by atoms with E-state index in [0.29, 0.717) is 4.47 Å². The van der Waals surface area contributed by atoms with Gasteiger partial charge in [0.25, 0.3) is 10.0 Å². The molecule has 0 saturated heterocycles. The van der Waals surface area contributed by atoms with Gasteiger partial charge < -0.3 is 18.7 Å². The molecule has 0 saturated carbocycles. The summed E-state index contributed by atoms with van der Waals surface area (Å²) in [6.07, 6.45) is 0. The number of methoxy groups -OCH3 is 2. The number of alkyl halides is 1. The van der Waals surface area contributed by atoms with Gasteiger partial charge in [0.2, 0.25) is 6.86 Å². The highest BCUT2D eigenvalue weighted by atomic mass is 79.9. The number of nitrogens with zero attached hydrogens (tertiary/aromatic N) is 1. The Balaban J connectivity index is 2.13. The third-order valence-electron chi connectivity index (χ3n) is 3.60. The van der Waals surface area contributed by atoms with E-state index in [1.165, 1.54) is 32.4 Å². The van der Waals surface area contributed by atoms with E-state index in [9.17, 15) is 12.8 Å². The summed E-state index contributed by atoms with van der Waals surface area (Å²) in [5.41, 5.74) is 0.206. The standard InChI is InChI=1S/C16H14BrFN2O6S/c1-23-10-4-3-5-11(24-2)15(10)27(21,22)20-16-14-12(25-8-18)6-9(17)7-13(14)26-19-16/h3-7H,8H2,1-2H3,(H,19,20). The second-order valence-corrected chi connectivity index (χ2v) is 7.69. The number of benzene rings is 2. The molecule has 0 unspecified atom stereocenters. The number of sulfonamides is 1. The van der Waals surface area contributed by atoms with Crippen LogP contribution in [0.2, 0.25) is 0 Å². The smallest absolute Gasteiger partial charge is 0.270 e. The molecule has 1 N–H and O–H groups in total. The molecule has 0 bridgehead atoms. The Kier molecular flexibility index (Phi) is 5.42. The fourth-order valence-electron chi connectivity index (χ4n) is 2.51. The summed E-state index contributed by atoms with van der Waals surface area (Å²) < 4.78 is 61.8. The molecule has 0 aliphatic heterocycles. The minimum atomic E-state index is -4.19. The molecule has 0 atom stereocenters. The lowest BCUT2D eigenvalue weighted by Gasteiger charge is -2.14. The summed E-state index contributed by atoms with van der Waals surface area (Å²) in [6.45, 7) is -1.11. The number of hydrogen-bond acceptors (Lipinski definition) is 7. The van der Waals surface area contributed by atoms with Gasteiger partial charge in [-0.15, -0.1) is 0 Å². The first-order chi connectivity index (χ1) is 12.9. The monoisotopic (exact) mass is 460 g/mol. The largest absolute Gasteiger partial charge is 0.495 e. The molecule has 0 aliphatic carbocycles. The highest BCUT2D eigenvalue weighted by molar-refractivity contribution is 9.10. The van der Waals surface area contributed by atoms with Crippen LogP contribution < -0.4 is 18.9 Å². The zero-order chi connectivity index (χ0) is 19.6. The van der Waals surface area contributed by atoms with Crippen molar-refractivity contribution in [1.29, 1.82) is 0 Å². The van der Waals surface area contributed by atoms with Crippen molar-refractivity contribution < 1.29 is 31.5 Å². The van der Waals surface area contributed by atoms with Gasteiger partial charge in [0.1, 0.15) is 22.6 Å². The molecule has 1 aromatic heterocycles. The molecular formula is C16H14BrFN2O6S. The summed E-state index contributed by atoms with van der Waals surface area (Å²) in [5, 5.41) is 3.91. The normalized spacial score (nSPS) is 11.4. The highest BCUT2D eigenvalue weighted by Gasteiger charge is 2.28. The van der Waals surface area contributed by atoms with E-state index in [4.69, 9.17) is 18.7 Å². The van der Waals surface area contributed by atoms with Gasteiger partial charge in [-0.2, -0.15) is 0 Å². The van der Waals surface area contributed by atoms with Crippen LogP contribution in [0.5, 0.6) is 17.2 Å². The molecule has 27 heavy (non-hydrogen) atoms. The first kappa shape index (κ1) is 19.2. The number of ether oxygens (including phenoxy) is 3. The maximum absolute atomic E-state index is 13.0. The van der Waals surface area contributed by atoms with Crippen molar-refractivity contribution in [2.75, 3.05) is 25.8 Å². The molecule has 2 aromatic carbocycles. The van der Waals surface area contributed by atoms with Crippen molar-refractivity contribution in [3.63, 3.8) is 0 Å². The third-order valence-corrected chi connectivity index (χ3v) is 5.46. The minimum Gasteiger partial charge on any atom is -0.495 e. The Bertz CT molecular complexity index is 1060. The number of nitrogens with one attached hydrogen (secondary N) is 1. The molecule has 0 fully saturated rings. The van der Waals surface area contributed by atoms with Crippen molar-refractivity contribution in [3.8, 4) is 17.2 Å². The van der Waals surface area contributed by atoms with Crippen LogP contribution in [-0.4, -0.2) is 34.7 Å². The van der Waals surface area contributed by atoms with E-state index in [2.05, 4.69) is 25.8 Å². The molecule has 0 aliphatic rings. The van der Waals surface area contributed by atoms with Gasteiger partial charge in [0.05, 0.1) is 14.2 Å². The average molecular weight is 461 g/mol. The summed E-state index contributed by atoms with van der Waals surface area (Å²) in [7, 11) is -1.51. The van der Waals surface area contributed by atoms with E-state index in [1.54, 1.807) is 12.1 Å². The lowest BCUT2D eigenvalue weighted by Crippen LogP contribution is -2.15. The van der Waals surface area contributed by atoms with Crippen molar-refractivity contribution in [2.45, 2.75) is 4.90 Å². The Labute approximate surface area is 162 Å². The SMILES string of the molecule is COc1cccc(OC)c1S(=O)(=O)Nc1noc2cc(Br)cc(OCF)c12. The van der Waals surface area contributed by atoms with E-state index in [-0.39, 0.29) is 38.9 Å². The zero-order valence-electron chi connectivity index (χ0n) is 14.2. The first-order valence-corrected chi connectivity index (χ1v) is 9.70.